The summed E-state index contributed by atoms with van der Waals surface area (Å²) in [5, 5.41) is 1.36. The first kappa shape index (κ1) is 16.3. The number of aromatic amines is 2. The lowest BCUT2D eigenvalue weighted by molar-refractivity contribution is 0.197. The third kappa shape index (κ3) is 2.86. The molecule has 0 unspecified atom stereocenters. The van der Waals surface area contributed by atoms with Gasteiger partial charge in [-0.15, -0.1) is 0 Å². The molecule has 1 atom stereocenters. The molecule has 5 rings (SSSR count). The second kappa shape index (κ2) is 6.39. The van der Waals surface area contributed by atoms with Gasteiger partial charge in [0.05, 0.1) is 12.6 Å². The van der Waals surface area contributed by atoms with Gasteiger partial charge in [-0.1, -0.05) is 48.0 Å². The quantitative estimate of drug-likeness (QED) is 0.561. The Morgan fingerprint density at radius 2 is 1.96 bits per heavy atom. The first-order valence-electron chi connectivity index (χ1n) is 9.59. The molecule has 4 nitrogen and oxygen atoms in total. The predicted molar refractivity (Wildman–Crippen MR) is 109 cm³/mol. The fourth-order valence-corrected chi connectivity index (χ4v) is 4.42. The lowest BCUT2D eigenvalue weighted by atomic mass is 9.91. The van der Waals surface area contributed by atoms with Crippen LogP contribution in [0.1, 0.15) is 39.9 Å². The topological polar surface area (TPSA) is 47.7 Å². The fraction of sp³-hybridized carbons (Fsp3) is 0.261. The molecule has 0 aliphatic carbocycles. The maximum Gasteiger partial charge on any atom is 0.120 e. The van der Waals surface area contributed by atoms with E-state index in [4.69, 9.17) is 0 Å². The van der Waals surface area contributed by atoms with Crippen molar-refractivity contribution in [1.29, 1.82) is 0 Å². The smallest absolute Gasteiger partial charge is 0.120 e. The van der Waals surface area contributed by atoms with Crippen LogP contribution in [-0.4, -0.2) is 26.4 Å². The van der Waals surface area contributed by atoms with Gasteiger partial charge in [0.25, 0.3) is 0 Å². The van der Waals surface area contributed by atoms with Gasteiger partial charge in [0.2, 0.25) is 0 Å². The van der Waals surface area contributed by atoms with Crippen molar-refractivity contribution >= 4 is 10.9 Å². The summed E-state index contributed by atoms with van der Waals surface area (Å²) in [5.74, 6) is 1.03. The number of nitrogens with one attached hydrogen (secondary N) is 2. The van der Waals surface area contributed by atoms with E-state index in [-0.39, 0.29) is 6.04 Å². The number of para-hydroxylation sites is 1. The first-order chi connectivity index (χ1) is 13.2. The number of hydrogen-bond donors (Lipinski definition) is 2. The van der Waals surface area contributed by atoms with Crippen LogP contribution in [0.5, 0.6) is 0 Å². The van der Waals surface area contributed by atoms with E-state index >= 15 is 0 Å². The fourth-order valence-electron chi connectivity index (χ4n) is 4.42. The van der Waals surface area contributed by atoms with Gasteiger partial charge in [0, 0.05) is 35.0 Å². The average molecular weight is 356 g/mol. The highest BCUT2D eigenvalue weighted by atomic mass is 15.2. The van der Waals surface area contributed by atoms with Crippen molar-refractivity contribution in [3.8, 4) is 0 Å². The minimum atomic E-state index is 0.214. The molecule has 0 bridgehead atoms. The summed E-state index contributed by atoms with van der Waals surface area (Å²) < 4.78 is 0. The number of rotatable bonds is 3. The molecule has 0 saturated heterocycles. The summed E-state index contributed by atoms with van der Waals surface area (Å²) >= 11 is 0. The first-order valence-corrected chi connectivity index (χ1v) is 9.59. The molecule has 0 fully saturated rings. The summed E-state index contributed by atoms with van der Waals surface area (Å²) in [6, 6.07) is 17.8. The third-order valence-corrected chi connectivity index (χ3v) is 5.60. The van der Waals surface area contributed by atoms with E-state index in [9.17, 15) is 0 Å². The van der Waals surface area contributed by atoms with Crippen molar-refractivity contribution in [1.82, 2.24) is 19.9 Å². The second-order valence-corrected chi connectivity index (χ2v) is 7.61. The molecule has 0 radical (unpaired) electrons. The highest BCUT2D eigenvalue weighted by Crippen LogP contribution is 2.39. The minimum Gasteiger partial charge on any atom is -0.357 e. The van der Waals surface area contributed by atoms with Crippen LogP contribution < -0.4 is 0 Å². The highest BCUT2D eigenvalue weighted by Gasteiger charge is 2.32. The van der Waals surface area contributed by atoms with Crippen molar-refractivity contribution in [2.75, 3.05) is 6.54 Å². The number of aryl methyl sites for hydroxylation is 2. The van der Waals surface area contributed by atoms with Crippen LogP contribution in [0, 0.1) is 13.8 Å². The molecule has 0 amide bonds. The van der Waals surface area contributed by atoms with Gasteiger partial charge in [0.1, 0.15) is 5.82 Å². The van der Waals surface area contributed by atoms with Crippen LogP contribution in [0.15, 0.2) is 54.7 Å². The predicted octanol–water partition coefficient (Wildman–Crippen LogP) is 4.66. The number of fused-ring (bicyclic) bond motifs is 3. The van der Waals surface area contributed by atoms with E-state index in [0.29, 0.717) is 0 Å². The van der Waals surface area contributed by atoms with Gasteiger partial charge < -0.3 is 9.97 Å². The number of nitrogens with zero attached hydrogens (tertiary/aromatic N) is 2. The molecular weight excluding hydrogens is 332 g/mol. The highest BCUT2D eigenvalue weighted by molar-refractivity contribution is 5.85. The Hall–Kier alpha value is -2.85. The summed E-state index contributed by atoms with van der Waals surface area (Å²) in [6.07, 6.45) is 2.97. The molecule has 0 saturated carbocycles. The van der Waals surface area contributed by atoms with E-state index < -0.39 is 0 Å². The second-order valence-electron chi connectivity index (χ2n) is 7.61. The van der Waals surface area contributed by atoms with Gasteiger partial charge in [-0.3, -0.25) is 4.90 Å². The van der Waals surface area contributed by atoms with Gasteiger partial charge >= 0.3 is 0 Å². The molecule has 1 aliphatic heterocycles. The Morgan fingerprint density at radius 3 is 2.78 bits per heavy atom. The van der Waals surface area contributed by atoms with Crippen LogP contribution in [0.3, 0.4) is 0 Å². The molecule has 1 aliphatic rings. The third-order valence-electron chi connectivity index (χ3n) is 5.60. The van der Waals surface area contributed by atoms with Crippen LogP contribution in [0.2, 0.25) is 0 Å². The van der Waals surface area contributed by atoms with Crippen LogP contribution in [-0.2, 0) is 13.0 Å². The van der Waals surface area contributed by atoms with Crippen molar-refractivity contribution in [3.63, 3.8) is 0 Å². The lowest BCUT2D eigenvalue weighted by Crippen LogP contribution is -2.36. The number of benzene rings is 2. The molecule has 4 heteroatoms. The summed E-state index contributed by atoms with van der Waals surface area (Å²) in [4.78, 5) is 14.2. The summed E-state index contributed by atoms with van der Waals surface area (Å²) in [7, 11) is 0. The van der Waals surface area contributed by atoms with E-state index in [1.54, 1.807) is 0 Å². The zero-order valence-corrected chi connectivity index (χ0v) is 15.8. The zero-order valence-electron chi connectivity index (χ0n) is 15.8. The minimum absolute atomic E-state index is 0.214. The zero-order chi connectivity index (χ0) is 18.4. The Labute approximate surface area is 159 Å². The van der Waals surface area contributed by atoms with E-state index in [1.165, 1.54) is 33.3 Å². The molecule has 3 heterocycles. The molecule has 136 valence electrons. The summed E-state index contributed by atoms with van der Waals surface area (Å²) in [5.41, 5.74) is 7.77. The number of imidazole rings is 1. The van der Waals surface area contributed by atoms with Gasteiger partial charge in [-0.05, 0) is 37.5 Å². The van der Waals surface area contributed by atoms with Gasteiger partial charge in [0.15, 0.2) is 0 Å². The van der Waals surface area contributed by atoms with Crippen molar-refractivity contribution in [2.45, 2.75) is 32.9 Å². The largest absolute Gasteiger partial charge is 0.357 e. The maximum absolute atomic E-state index is 4.55. The SMILES string of the molecule is Cc1cccc([C@H]2c3[nH]c4ccccc4c3CCN2Cc2ncc(C)[nH]2)c1. The molecule has 27 heavy (non-hydrogen) atoms. The van der Waals surface area contributed by atoms with E-state index in [0.717, 1.165) is 31.0 Å². The maximum atomic E-state index is 4.55. The molecule has 2 aromatic heterocycles. The van der Waals surface area contributed by atoms with Crippen molar-refractivity contribution < 1.29 is 0 Å². The molecule has 4 aromatic rings. The van der Waals surface area contributed by atoms with E-state index in [1.807, 2.05) is 6.20 Å². The normalized spacial score (nSPS) is 17.3. The van der Waals surface area contributed by atoms with Crippen molar-refractivity contribution in [3.05, 3.63) is 88.6 Å². The lowest BCUT2D eigenvalue weighted by Gasteiger charge is -2.35. The monoisotopic (exact) mass is 356 g/mol. The van der Waals surface area contributed by atoms with Crippen LogP contribution >= 0.6 is 0 Å². The number of aromatic nitrogens is 3. The molecule has 2 aromatic carbocycles. The van der Waals surface area contributed by atoms with Crippen LogP contribution in [0.4, 0.5) is 0 Å². The van der Waals surface area contributed by atoms with Crippen LogP contribution in [0.25, 0.3) is 10.9 Å². The Bertz CT molecular complexity index is 1100. The molecular formula is C23H24N4. The Kier molecular flexibility index (Phi) is 3.87. The van der Waals surface area contributed by atoms with Gasteiger partial charge in [-0.2, -0.15) is 0 Å². The van der Waals surface area contributed by atoms with Crippen molar-refractivity contribution in [2.24, 2.45) is 0 Å². The number of H-pyrrole nitrogens is 2. The standard InChI is InChI=1S/C23H24N4/c1-15-6-5-7-17(12-15)23-22-19(18-8-3-4-9-20(18)26-22)10-11-27(23)14-21-24-13-16(2)25-21/h3-9,12-13,23,26H,10-11,14H2,1-2H3,(H,24,25)/t23-/m0/s1. The summed E-state index contributed by atoms with van der Waals surface area (Å²) in [6.45, 7) is 6.06. The van der Waals surface area contributed by atoms with E-state index in [2.05, 4.69) is 82.2 Å². The molecule has 0 spiro atoms. The average Bonchev–Trinajstić information content (AvgIpc) is 3.24. The molecule has 2 N–H and O–H groups in total. The van der Waals surface area contributed by atoms with Gasteiger partial charge in [-0.25, -0.2) is 4.98 Å². The Morgan fingerprint density at radius 1 is 1.07 bits per heavy atom. The number of hydrogen-bond acceptors (Lipinski definition) is 2. The Balaban J connectivity index is 1.63.